The number of likely N-dealkylation sites (N-methyl/N-ethyl adjacent to an activating group) is 1. The number of pyridine rings is 1. The van der Waals surface area contributed by atoms with Crippen LogP contribution in [0.4, 0.5) is 0 Å². The lowest BCUT2D eigenvalue weighted by atomic mass is 10.0. The molecule has 4 heteroatoms. The van der Waals surface area contributed by atoms with Crippen molar-refractivity contribution in [3.63, 3.8) is 0 Å². The number of nitrogens with zero attached hydrogens (tertiary/aromatic N) is 3. The van der Waals surface area contributed by atoms with Gasteiger partial charge in [0.1, 0.15) is 5.69 Å². The van der Waals surface area contributed by atoms with Crippen molar-refractivity contribution >= 4 is 6.08 Å². The Bertz CT molecular complexity index is 1070. The Morgan fingerprint density at radius 1 is 1.07 bits per heavy atom. The van der Waals surface area contributed by atoms with Crippen molar-refractivity contribution < 1.29 is 0 Å². The molecule has 2 aromatic heterocycles. The molecule has 1 aromatic carbocycles. The summed E-state index contributed by atoms with van der Waals surface area (Å²) in [4.78, 5) is 15.3. The van der Waals surface area contributed by atoms with Crippen LogP contribution in [-0.2, 0) is 12.8 Å². The first-order valence-corrected chi connectivity index (χ1v) is 9.66. The number of hydrogen-bond donors (Lipinski definition) is 1. The van der Waals surface area contributed by atoms with Gasteiger partial charge in [-0.3, -0.25) is 0 Å². The average molecular weight is 371 g/mol. The van der Waals surface area contributed by atoms with E-state index in [0.717, 1.165) is 47.1 Å². The van der Waals surface area contributed by atoms with Gasteiger partial charge in [-0.25, -0.2) is 9.97 Å². The monoisotopic (exact) mass is 370 g/mol. The van der Waals surface area contributed by atoms with Gasteiger partial charge < -0.3 is 9.88 Å². The van der Waals surface area contributed by atoms with Crippen molar-refractivity contribution in [2.75, 3.05) is 14.1 Å². The van der Waals surface area contributed by atoms with Gasteiger partial charge in [0.05, 0.1) is 5.69 Å². The van der Waals surface area contributed by atoms with Gasteiger partial charge in [0.2, 0.25) is 0 Å². The second-order valence-corrected chi connectivity index (χ2v) is 7.64. The highest BCUT2D eigenvalue weighted by Gasteiger charge is 2.14. The molecule has 2 heterocycles. The lowest BCUT2D eigenvalue weighted by Crippen LogP contribution is -2.08. The molecular weight excluding hydrogens is 344 g/mol. The summed E-state index contributed by atoms with van der Waals surface area (Å²) >= 11 is 0. The molecule has 142 valence electrons. The number of H-pyrrole nitrogens is 1. The van der Waals surface area contributed by atoms with E-state index in [2.05, 4.69) is 72.3 Å². The Kier molecular flexibility index (Phi) is 4.86. The molecule has 1 aliphatic rings. The maximum atomic E-state index is 4.89. The van der Waals surface area contributed by atoms with E-state index < -0.39 is 0 Å². The molecule has 4 nitrogen and oxygen atoms in total. The molecule has 0 saturated heterocycles. The number of imidazole rings is 1. The first-order chi connectivity index (χ1) is 13.5. The van der Waals surface area contributed by atoms with Gasteiger partial charge >= 0.3 is 0 Å². The molecule has 4 rings (SSSR count). The molecule has 0 aliphatic heterocycles. The largest absolute Gasteiger partial charge is 0.378 e. The van der Waals surface area contributed by atoms with Gasteiger partial charge in [-0.2, -0.15) is 0 Å². The van der Waals surface area contributed by atoms with Crippen LogP contribution in [0.3, 0.4) is 0 Å². The van der Waals surface area contributed by atoms with Crippen LogP contribution in [0.5, 0.6) is 0 Å². The molecule has 0 saturated carbocycles. The van der Waals surface area contributed by atoms with Crippen molar-refractivity contribution in [2.45, 2.75) is 26.7 Å². The number of aromatic amines is 1. The third-order valence-corrected chi connectivity index (χ3v) is 5.15. The number of aromatic nitrogens is 3. The SMILES string of the molecule is Cc1ccc(C)c(Cc2cccc(-c3nc4c([nH]3)CC=CC(N(C)C)=C4)n2)c1. The van der Waals surface area contributed by atoms with Crippen LogP contribution in [-0.4, -0.2) is 33.9 Å². The molecule has 1 N–H and O–H groups in total. The van der Waals surface area contributed by atoms with Gasteiger partial charge in [-0.05, 0) is 49.3 Å². The van der Waals surface area contributed by atoms with Crippen molar-refractivity contribution in [3.8, 4) is 11.5 Å². The van der Waals surface area contributed by atoms with Crippen LogP contribution in [0, 0.1) is 13.8 Å². The minimum absolute atomic E-state index is 0.829. The summed E-state index contributed by atoms with van der Waals surface area (Å²) in [5, 5.41) is 0. The van der Waals surface area contributed by atoms with E-state index in [9.17, 15) is 0 Å². The standard InChI is InChI=1S/C24H26N4/c1-16-11-12-17(2)18(13-16)14-19-7-5-10-22(25-19)24-26-21-9-6-8-20(28(3)4)15-23(21)27-24/h5-8,10-13,15H,9,14H2,1-4H3,(H,26,27). The molecule has 28 heavy (non-hydrogen) atoms. The lowest BCUT2D eigenvalue weighted by Gasteiger charge is -2.12. The zero-order chi connectivity index (χ0) is 19.7. The van der Waals surface area contributed by atoms with Gasteiger partial charge in [0.25, 0.3) is 0 Å². The third kappa shape index (κ3) is 3.77. The molecule has 0 bridgehead atoms. The molecule has 0 atom stereocenters. The van der Waals surface area contributed by atoms with E-state index in [4.69, 9.17) is 9.97 Å². The number of fused-ring (bicyclic) bond motifs is 1. The predicted molar refractivity (Wildman–Crippen MR) is 115 cm³/mol. The number of allylic oxidation sites excluding steroid dienone is 2. The minimum Gasteiger partial charge on any atom is -0.378 e. The highest BCUT2D eigenvalue weighted by molar-refractivity contribution is 5.61. The molecule has 0 unspecified atom stereocenters. The summed E-state index contributed by atoms with van der Waals surface area (Å²) in [5.74, 6) is 0.831. The highest BCUT2D eigenvalue weighted by atomic mass is 15.1. The molecule has 0 spiro atoms. The fourth-order valence-electron chi connectivity index (χ4n) is 3.48. The van der Waals surface area contributed by atoms with Gasteiger partial charge in [0.15, 0.2) is 5.82 Å². The second-order valence-electron chi connectivity index (χ2n) is 7.64. The number of hydrogen-bond acceptors (Lipinski definition) is 3. The van der Waals surface area contributed by atoms with E-state index in [1.807, 2.05) is 20.2 Å². The Labute approximate surface area is 166 Å². The smallest absolute Gasteiger partial charge is 0.156 e. The summed E-state index contributed by atoms with van der Waals surface area (Å²) < 4.78 is 0. The first kappa shape index (κ1) is 18.2. The summed E-state index contributed by atoms with van der Waals surface area (Å²) in [7, 11) is 4.10. The van der Waals surface area contributed by atoms with Crippen molar-refractivity contribution in [3.05, 3.63) is 88.0 Å². The summed E-state index contributed by atoms with van der Waals surface area (Å²) in [6.45, 7) is 4.29. The zero-order valence-corrected chi connectivity index (χ0v) is 17.0. The van der Waals surface area contributed by atoms with Crippen LogP contribution in [0.2, 0.25) is 0 Å². The van der Waals surface area contributed by atoms with Crippen LogP contribution < -0.4 is 0 Å². The van der Waals surface area contributed by atoms with Crippen molar-refractivity contribution in [1.82, 2.24) is 19.9 Å². The van der Waals surface area contributed by atoms with E-state index in [0.29, 0.717) is 0 Å². The summed E-state index contributed by atoms with van der Waals surface area (Å²) in [6.07, 6.45) is 8.11. The predicted octanol–water partition coefficient (Wildman–Crippen LogP) is 4.69. The van der Waals surface area contributed by atoms with Gasteiger partial charge in [0, 0.05) is 44.0 Å². The maximum absolute atomic E-state index is 4.89. The van der Waals surface area contributed by atoms with Crippen LogP contribution in [0.15, 0.2) is 54.2 Å². The number of rotatable bonds is 4. The Morgan fingerprint density at radius 2 is 1.93 bits per heavy atom. The zero-order valence-electron chi connectivity index (χ0n) is 17.0. The minimum atomic E-state index is 0.829. The summed E-state index contributed by atoms with van der Waals surface area (Å²) in [5.41, 5.74) is 9.12. The van der Waals surface area contributed by atoms with Gasteiger partial charge in [-0.15, -0.1) is 0 Å². The average Bonchev–Trinajstić information content (AvgIpc) is 2.96. The lowest BCUT2D eigenvalue weighted by molar-refractivity contribution is 0.534. The molecule has 1 aliphatic carbocycles. The van der Waals surface area contributed by atoms with E-state index in [1.54, 1.807) is 0 Å². The molecule has 3 aromatic rings. The fourth-order valence-corrected chi connectivity index (χ4v) is 3.48. The Balaban J connectivity index is 1.65. The molecule has 0 radical (unpaired) electrons. The third-order valence-electron chi connectivity index (χ3n) is 5.15. The van der Waals surface area contributed by atoms with Crippen LogP contribution in [0.25, 0.3) is 17.6 Å². The maximum Gasteiger partial charge on any atom is 0.156 e. The van der Waals surface area contributed by atoms with Crippen molar-refractivity contribution in [2.24, 2.45) is 0 Å². The fraction of sp³-hybridized carbons (Fsp3) is 0.250. The summed E-state index contributed by atoms with van der Waals surface area (Å²) in [6, 6.07) is 12.8. The molecule has 0 fully saturated rings. The van der Waals surface area contributed by atoms with Crippen molar-refractivity contribution in [1.29, 1.82) is 0 Å². The Morgan fingerprint density at radius 3 is 2.75 bits per heavy atom. The molecule has 0 amide bonds. The quantitative estimate of drug-likeness (QED) is 0.724. The first-order valence-electron chi connectivity index (χ1n) is 9.66. The van der Waals surface area contributed by atoms with Gasteiger partial charge in [-0.1, -0.05) is 35.9 Å². The molecular formula is C24H26N4. The number of nitrogens with one attached hydrogen (secondary N) is 1. The normalized spacial score (nSPS) is 13.1. The van der Waals surface area contributed by atoms with Crippen LogP contribution in [0.1, 0.15) is 33.8 Å². The number of aryl methyl sites for hydroxylation is 2. The van der Waals surface area contributed by atoms with Crippen LogP contribution >= 0.6 is 0 Å². The van der Waals surface area contributed by atoms with E-state index in [1.165, 1.54) is 16.7 Å². The van der Waals surface area contributed by atoms with E-state index >= 15 is 0 Å². The Hall–Kier alpha value is -3.14. The second kappa shape index (κ2) is 7.47. The van der Waals surface area contributed by atoms with E-state index in [-0.39, 0.29) is 0 Å². The highest BCUT2D eigenvalue weighted by Crippen LogP contribution is 2.23. The topological polar surface area (TPSA) is 44.8 Å². The number of benzene rings is 1.